The fourth-order valence-electron chi connectivity index (χ4n) is 3.87. The molecule has 0 N–H and O–H groups in total. The van der Waals surface area contributed by atoms with Crippen molar-refractivity contribution in [3.8, 4) is 0 Å². The minimum atomic E-state index is 0.362. The van der Waals surface area contributed by atoms with Crippen LogP contribution in [0.4, 0.5) is 0 Å². The van der Waals surface area contributed by atoms with Crippen LogP contribution >= 0.6 is 0 Å². The molecule has 22 heavy (non-hydrogen) atoms. The first-order chi connectivity index (χ1) is 10.6. The monoisotopic (exact) mass is 309 g/mol. The molecule has 2 aliphatic rings. The lowest BCUT2D eigenvalue weighted by Gasteiger charge is -2.40. The largest absolute Gasteiger partial charge is 0.340 e. The molecule has 2 saturated heterocycles. The highest BCUT2D eigenvalue weighted by Crippen LogP contribution is 2.20. The molecule has 0 saturated carbocycles. The average Bonchev–Trinajstić information content (AvgIpc) is 2.55. The van der Waals surface area contributed by atoms with Gasteiger partial charge in [0, 0.05) is 38.6 Å². The maximum atomic E-state index is 12.5. The summed E-state index contributed by atoms with van der Waals surface area (Å²) in [6.07, 6.45) is 5.85. The molecular formula is C18H35N3O. The topological polar surface area (TPSA) is 26.8 Å². The van der Waals surface area contributed by atoms with Crippen molar-refractivity contribution in [2.75, 3.05) is 45.8 Å². The van der Waals surface area contributed by atoms with E-state index in [1.165, 1.54) is 38.8 Å². The second-order valence-corrected chi connectivity index (χ2v) is 7.17. The van der Waals surface area contributed by atoms with Gasteiger partial charge in [-0.2, -0.15) is 0 Å². The number of piperidine rings is 1. The lowest BCUT2D eigenvalue weighted by atomic mass is 9.94. The summed E-state index contributed by atoms with van der Waals surface area (Å²) in [5.74, 6) is 1.28. The fraction of sp³-hybridized carbons (Fsp3) is 0.944. The van der Waals surface area contributed by atoms with Gasteiger partial charge in [-0.1, -0.05) is 20.3 Å². The van der Waals surface area contributed by atoms with Gasteiger partial charge in [0.15, 0.2) is 0 Å². The summed E-state index contributed by atoms with van der Waals surface area (Å²) in [5.41, 5.74) is 0. The average molecular weight is 309 g/mol. The molecule has 4 heteroatoms. The molecule has 0 aromatic rings. The van der Waals surface area contributed by atoms with Crippen molar-refractivity contribution < 1.29 is 4.79 Å². The number of hydrogen-bond donors (Lipinski definition) is 0. The summed E-state index contributed by atoms with van der Waals surface area (Å²) >= 11 is 0. The Morgan fingerprint density at radius 2 is 1.77 bits per heavy atom. The van der Waals surface area contributed by atoms with E-state index in [1.807, 2.05) is 0 Å². The van der Waals surface area contributed by atoms with E-state index in [9.17, 15) is 4.79 Å². The molecule has 4 nitrogen and oxygen atoms in total. The first-order valence-electron chi connectivity index (χ1n) is 9.38. The Morgan fingerprint density at radius 1 is 1.05 bits per heavy atom. The Hall–Kier alpha value is -0.610. The van der Waals surface area contributed by atoms with Crippen LogP contribution in [0, 0.1) is 5.92 Å². The Bertz CT molecular complexity index is 339. The fourth-order valence-corrected chi connectivity index (χ4v) is 3.87. The third kappa shape index (κ3) is 4.95. The highest BCUT2D eigenvalue weighted by atomic mass is 16.2. The third-order valence-corrected chi connectivity index (χ3v) is 5.56. The molecule has 0 aromatic carbocycles. The van der Waals surface area contributed by atoms with E-state index in [0.29, 0.717) is 18.4 Å². The molecule has 0 unspecified atom stereocenters. The molecule has 0 aliphatic carbocycles. The van der Waals surface area contributed by atoms with Crippen LogP contribution in [0.25, 0.3) is 0 Å². The maximum Gasteiger partial charge on any atom is 0.223 e. The summed E-state index contributed by atoms with van der Waals surface area (Å²) in [7, 11) is 0. The number of carbonyl (C=O) groups excluding carboxylic acids is 1. The standard InChI is InChI=1S/C18H35N3O/c1-4-9-20-13-14-21(15-16(20)3)18(22)8-12-19-10-6-17(5-2)7-11-19/h16-17H,4-15H2,1-3H3/t16-/m1/s1. The molecule has 2 fully saturated rings. The second-order valence-electron chi connectivity index (χ2n) is 7.17. The molecule has 0 radical (unpaired) electrons. The zero-order chi connectivity index (χ0) is 15.9. The smallest absolute Gasteiger partial charge is 0.223 e. The van der Waals surface area contributed by atoms with Crippen LogP contribution in [0.3, 0.4) is 0 Å². The Balaban J connectivity index is 1.68. The van der Waals surface area contributed by atoms with Gasteiger partial charge in [-0.15, -0.1) is 0 Å². The van der Waals surface area contributed by atoms with Gasteiger partial charge in [0.2, 0.25) is 5.91 Å². The van der Waals surface area contributed by atoms with Crippen molar-refractivity contribution in [2.24, 2.45) is 5.92 Å². The molecule has 1 amide bonds. The quantitative estimate of drug-likeness (QED) is 0.754. The molecule has 1 atom stereocenters. The first kappa shape index (κ1) is 17.7. The predicted octanol–water partition coefficient (Wildman–Crippen LogP) is 2.44. The van der Waals surface area contributed by atoms with E-state index in [4.69, 9.17) is 0 Å². The van der Waals surface area contributed by atoms with E-state index >= 15 is 0 Å². The highest BCUT2D eigenvalue weighted by Gasteiger charge is 2.26. The van der Waals surface area contributed by atoms with Crippen molar-refractivity contribution in [3.05, 3.63) is 0 Å². The van der Waals surface area contributed by atoms with E-state index in [2.05, 4.69) is 35.5 Å². The van der Waals surface area contributed by atoms with Gasteiger partial charge >= 0.3 is 0 Å². The SMILES string of the molecule is CCCN1CCN(C(=O)CCN2CCC(CC)CC2)C[C@H]1C. The normalized spacial score (nSPS) is 25.6. The molecule has 0 spiro atoms. The van der Waals surface area contributed by atoms with E-state index < -0.39 is 0 Å². The molecule has 0 aromatic heterocycles. The zero-order valence-electron chi connectivity index (χ0n) is 14.9. The Morgan fingerprint density at radius 3 is 2.36 bits per heavy atom. The molecular weight excluding hydrogens is 274 g/mol. The number of carbonyl (C=O) groups is 1. The van der Waals surface area contributed by atoms with E-state index in [1.54, 1.807) is 0 Å². The lowest BCUT2D eigenvalue weighted by Crippen LogP contribution is -2.54. The van der Waals surface area contributed by atoms with Crippen LogP contribution in [-0.2, 0) is 4.79 Å². The predicted molar refractivity (Wildman–Crippen MR) is 92.0 cm³/mol. The van der Waals surface area contributed by atoms with Gasteiger partial charge in [-0.25, -0.2) is 0 Å². The summed E-state index contributed by atoms with van der Waals surface area (Å²) in [4.78, 5) is 19.5. The van der Waals surface area contributed by atoms with Crippen molar-refractivity contribution in [3.63, 3.8) is 0 Å². The van der Waals surface area contributed by atoms with Crippen LogP contribution in [0.2, 0.25) is 0 Å². The van der Waals surface area contributed by atoms with Gasteiger partial charge in [0.1, 0.15) is 0 Å². The van der Waals surface area contributed by atoms with Gasteiger partial charge in [-0.3, -0.25) is 9.69 Å². The summed E-state index contributed by atoms with van der Waals surface area (Å²) in [6.45, 7) is 14.1. The van der Waals surface area contributed by atoms with Crippen molar-refractivity contribution in [1.82, 2.24) is 14.7 Å². The van der Waals surface area contributed by atoms with Crippen LogP contribution < -0.4 is 0 Å². The number of likely N-dealkylation sites (tertiary alicyclic amines) is 1. The maximum absolute atomic E-state index is 12.5. The minimum Gasteiger partial charge on any atom is -0.340 e. The summed E-state index contributed by atoms with van der Waals surface area (Å²) in [5, 5.41) is 0. The summed E-state index contributed by atoms with van der Waals surface area (Å²) in [6, 6.07) is 0.512. The van der Waals surface area contributed by atoms with Gasteiger partial charge in [0.05, 0.1) is 0 Å². The lowest BCUT2D eigenvalue weighted by molar-refractivity contribution is -0.134. The van der Waals surface area contributed by atoms with Crippen molar-refractivity contribution in [1.29, 1.82) is 0 Å². The number of hydrogen-bond acceptors (Lipinski definition) is 3. The summed E-state index contributed by atoms with van der Waals surface area (Å²) < 4.78 is 0. The first-order valence-corrected chi connectivity index (χ1v) is 9.38. The van der Waals surface area contributed by atoms with Gasteiger partial charge in [0.25, 0.3) is 0 Å². The Labute approximate surface area is 136 Å². The van der Waals surface area contributed by atoms with Crippen LogP contribution in [0.5, 0.6) is 0 Å². The van der Waals surface area contributed by atoms with Crippen LogP contribution in [0.15, 0.2) is 0 Å². The van der Waals surface area contributed by atoms with Crippen LogP contribution in [-0.4, -0.2) is 72.5 Å². The molecule has 128 valence electrons. The van der Waals surface area contributed by atoms with E-state index in [0.717, 1.165) is 38.6 Å². The van der Waals surface area contributed by atoms with Crippen LogP contribution in [0.1, 0.15) is 52.9 Å². The Kier molecular flexibility index (Phi) is 7.16. The van der Waals surface area contributed by atoms with Gasteiger partial charge < -0.3 is 9.80 Å². The van der Waals surface area contributed by atoms with Crippen molar-refractivity contribution >= 4 is 5.91 Å². The highest BCUT2D eigenvalue weighted by molar-refractivity contribution is 5.76. The molecule has 2 heterocycles. The zero-order valence-corrected chi connectivity index (χ0v) is 14.9. The molecule has 2 aliphatic heterocycles. The number of amides is 1. The van der Waals surface area contributed by atoms with Crippen molar-refractivity contribution in [2.45, 2.75) is 58.9 Å². The molecule has 2 rings (SSSR count). The molecule has 0 bridgehead atoms. The third-order valence-electron chi connectivity index (χ3n) is 5.56. The van der Waals surface area contributed by atoms with Gasteiger partial charge in [-0.05, 0) is 51.7 Å². The number of rotatable bonds is 6. The second kappa shape index (κ2) is 8.88. The van der Waals surface area contributed by atoms with E-state index in [-0.39, 0.29) is 0 Å². The number of piperazine rings is 1. The minimum absolute atomic E-state index is 0.362. The number of nitrogens with zero attached hydrogens (tertiary/aromatic N) is 3.